The van der Waals surface area contributed by atoms with Crippen molar-refractivity contribution < 1.29 is 8.42 Å². The van der Waals surface area contributed by atoms with E-state index in [1.54, 1.807) is 12.1 Å². The van der Waals surface area contributed by atoms with Gasteiger partial charge >= 0.3 is 0 Å². The van der Waals surface area contributed by atoms with Gasteiger partial charge in [0.15, 0.2) is 0 Å². The quantitative estimate of drug-likeness (QED) is 0.828. The van der Waals surface area contributed by atoms with Crippen LogP contribution in [0.1, 0.15) is 30.9 Å². The molecule has 21 heavy (non-hydrogen) atoms. The van der Waals surface area contributed by atoms with Gasteiger partial charge in [-0.3, -0.25) is 4.90 Å². The minimum atomic E-state index is -3.46. The van der Waals surface area contributed by atoms with E-state index >= 15 is 0 Å². The summed E-state index contributed by atoms with van der Waals surface area (Å²) in [5.41, 5.74) is 7.54. The summed E-state index contributed by atoms with van der Waals surface area (Å²) in [5.74, 6) is 0. The van der Waals surface area contributed by atoms with E-state index in [1.165, 1.54) is 0 Å². The molecule has 5 nitrogen and oxygen atoms in total. The Balaban J connectivity index is 2.08. The number of sulfonamides is 1. The van der Waals surface area contributed by atoms with Gasteiger partial charge in [0.25, 0.3) is 0 Å². The van der Waals surface area contributed by atoms with Crippen molar-refractivity contribution in [3.05, 3.63) is 29.3 Å². The number of nitrogens with one attached hydrogen (secondary N) is 1. The number of hydrogen-bond donors (Lipinski definition) is 2. The highest BCUT2D eigenvalue weighted by Crippen LogP contribution is 2.18. The summed E-state index contributed by atoms with van der Waals surface area (Å²) >= 11 is 0. The van der Waals surface area contributed by atoms with E-state index in [0.29, 0.717) is 24.0 Å². The lowest BCUT2D eigenvalue weighted by Crippen LogP contribution is -2.40. The molecule has 3 N–H and O–H groups in total. The van der Waals surface area contributed by atoms with E-state index in [2.05, 4.69) is 16.5 Å². The fourth-order valence-electron chi connectivity index (χ4n) is 2.87. The molecule has 118 valence electrons. The van der Waals surface area contributed by atoms with Gasteiger partial charge in [0.1, 0.15) is 0 Å². The van der Waals surface area contributed by atoms with E-state index in [9.17, 15) is 8.42 Å². The third-order valence-corrected chi connectivity index (χ3v) is 5.69. The van der Waals surface area contributed by atoms with Crippen molar-refractivity contribution in [2.45, 2.75) is 44.2 Å². The summed E-state index contributed by atoms with van der Waals surface area (Å²) in [6, 6.07) is 5.43. The van der Waals surface area contributed by atoms with Gasteiger partial charge in [-0.2, -0.15) is 0 Å². The number of benzene rings is 1. The molecule has 1 saturated heterocycles. The van der Waals surface area contributed by atoms with Crippen LogP contribution in [-0.4, -0.2) is 39.0 Å². The van der Waals surface area contributed by atoms with Crippen LogP contribution in [0.3, 0.4) is 0 Å². The average molecular weight is 311 g/mol. The zero-order chi connectivity index (χ0) is 15.5. The van der Waals surface area contributed by atoms with E-state index < -0.39 is 10.0 Å². The molecule has 1 aromatic rings. The highest BCUT2D eigenvalue weighted by atomic mass is 32.2. The fourth-order valence-corrected chi connectivity index (χ4v) is 3.99. The summed E-state index contributed by atoms with van der Waals surface area (Å²) in [6.07, 6.45) is 2.19. The second-order valence-corrected chi connectivity index (χ2v) is 7.34. The van der Waals surface area contributed by atoms with Crippen molar-refractivity contribution in [3.63, 3.8) is 0 Å². The zero-order valence-electron chi connectivity index (χ0n) is 12.8. The molecule has 0 aromatic heterocycles. The first-order valence-corrected chi connectivity index (χ1v) is 8.99. The van der Waals surface area contributed by atoms with Crippen molar-refractivity contribution >= 4 is 10.0 Å². The number of rotatable bonds is 6. The summed E-state index contributed by atoms with van der Waals surface area (Å²) < 4.78 is 27.5. The molecule has 1 aliphatic rings. The molecule has 1 fully saturated rings. The maximum Gasteiger partial charge on any atom is 0.240 e. The molecule has 1 aromatic carbocycles. The number of hydrogen-bond acceptors (Lipinski definition) is 4. The lowest BCUT2D eigenvalue weighted by Gasteiger charge is -2.22. The summed E-state index contributed by atoms with van der Waals surface area (Å²) in [5, 5.41) is 0. The van der Waals surface area contributed by atoms with Crippen LogP contribution in [0.4, 0.5) is 0 Å². The van der Waals surface area contributed by atoms with Gasteiger partial charge in [0.05, 0.1) is 4.90 Å². The third-order valence-electron chi connectivity index (χ3n) is 4.27. The highest BCUT2D eigenvalue weighted by Gasteiger charge is 2.25. The first-order valence-electron chi connectivity index (χ1n) is 7.51. The second-order valence-electron chi connectivity index (χ2n) is 5.57. The Morgan fingerprint density at radius 2 is 2.19 bits per heavy atom. The largest absolute Gasteiger partial charge is 0.326 e. The Morgan fingerprint density at radius 3 is 2.86 bits per heavy atom. The highest BCUT2D eigenvalue weighted by molar-refractivity contribution is 7.89. The molecular formula is C15H25N3O2S. The Hall–Kier alpha value is -0.950. The molecule has 0 bridgehead atoms. The molecule has 6 heteroatoms. The standard InChI is InChI=1S/C15H25N3O2S/c1-3-18-8-4-5-14(18)11-17-21(19,20)15-7-6-12(2)13(9-15)10-16/h6-7,9,14,17H,3-5,8,10-11,16H2,1-2H3. The SMILES string of the molecule is CCN1CCCC1CNS(=O)(=O)c1ccc(C)c(CN)c1. The average Bonchev–Trinajstić information content (AvgIpc) is 2.93. The van der Waals surface area contributed by atoms with Crippen molar-refractivity contribution in [2.24, 2.45) is 5.73 Å². The number of nitrogens with two attached hydrogens (primary N) is 1. The van der Waals surface area contributed by atoms with Crippen LogP contribution in [0.5, 0.6) is 0 Å². The topological polar surface area (TPSA) is 75.4 Å². The van der Waals surface area contributed by atoms with Gasteiger partial charge in [-0.25, -0.2) is 13.1 Å². The van der Waals surface area contributed by atoms with Crippen LogP contribution in [0.15, 0.2) is 23.1 Å². The maximum absolute atomic E-state index is 12.4. The van der Waals surface area contributed by atoms with Crippen LogP contribution < -0.4 is 10.5 Å². The first kappa shape index (κ1) is 16.4. The summed E-state index contributed by atoms with van der Waals surface area (Å²) in [7, 11) is -3.46. The van der Waals surface area contributed by atoms with Crippen LogP contribution in [0.2, 0.25) is 0 Å². The molecule has 0 spiro atoms. The molecular weight excluding hydrogens is 286 g/mol. The Morgan fingerprint density at radius 1 is 1.43 bits per heavy atom. The molecule has 1 unspecified atom stereocenters. The van der Waals surface area contributed by atoms with Gasteiger partial charge in [0.2, 0.25) is 10.0 Å². The van der Waals surface area contributed by atoms with E-state index in [0.717, 1.165) is 37.1 Å². The van der Waals surface area contributed by atoms with Crippen LogP contribution in [0.25, 0.3) is 0 Å². The zero-order valence-corrected chi connectivity index (χ0v) is 13.6. The Kier molecular flexibility index (Phi) is 5.37. The van der Waals surface area contributed by atoms with Crippen LogP contribution >= 0.6 is 0 Å². The van der Waals surface area contributed by atoms with Gasteiger partial charge in [-0.15, -0.1) is 0 Å². The second kappa shape index (κ2) is 6.87. The molecule has 0 amide bonds. The van der Waals surface area contributed by atoms with Gasteiger partial charge in [-0.05, 0) is 56.1 Å². The predicted molar refractivity (Wildman–Crippen MR) is 84.5 cm³/mol. The number of likely N-dealkylation sites (N-methyl/N-ethyl adjacent to an activating group) is 1. The summed E-state index contributed by atoms with van der Waals surface area (Å²) in [4.78, 5) is 2.62. The van der Waals surface area contributed by atoms with Crippen molar-refractivity contribution in [3.8, 4) is 0 Å². The lowest BCUT2D eigenvalue weighted by atomic mass is 10.1. The number of nitrogens with zero attached hydrogens (tertiary/aromatic N) is 1. The van der Waals surface area contributed by atoms with Crippen LogP contribution in [-0.2, 0) is 16.6 Å². The molecule has 2 rings (SSSR count). The van der Waals surface area contributed by atoms with Gasteiger partial charge in [0, 0.05) is 19.1 Å². The predicted octanol–water partition coefficient (Wildman–Crippen LogP) is 1.22. The Bertz CT molecular complexity index is 587. The first-order chi connectivity index (χ1) is 9.97. The van der Waals surface area contributed by atoms with E-state index in [4.69, 9.17) is 5.73 Å². The molecule has 1 atom stereocenters. The van der Waals surface area contributed by atoms with Crippen molar-refractivity contribution in [1.29, 1.82) is 0 Å². The molecule has 0 aliphatic carbocycles. The fraction of sp³-hybridized carbons (Fsp3) is 0.600. The molecule has 1 aliphatic heterocycles. The van der Waals surface area contributed by atoms with E-state index in [1.807, 2.05) is 13.0 Å². The minimum absolute atomic E-state index is 0.301. The van der Waals surface area contributed by atoms with Crippen LogP contribution in [0, 0.1) is 6.92 Å². The molecule has 0 saturated carbocycles. The van der Waals surface area contributed by atoms with E-state index in [-0.39, 0.29) is 0 Å². The number of likely N-dealkylation sites (tertiary alicyclic amines) is 1. The third kappa shape index (κ3) is 3.83. The lowest BCUT2D eigenvalue weighted by molar-refractivity contribution is 0.268. The molecule has 0 radical (unpaired) electrons. The number of aryl methyl sites for hydroxylation is 1. The summed E-state index contributed by atoms with van der Waals surface area (Å²) in [6.45, 7) is 6.90. The molecule has 1 heterocycles. The smallest absolute Gasteiger partial charge is 0.240 e. The minimum Gasteiger partial charge on any atom is -0.326 e. The van der Waals surface area contributed by atoms with Gasteiger partial charge in [-0.1, -0.05) is 13.0 Å². The van der Waals surface area contributed by atoms with Crippen molar-refractivity contribution in [2.75, 3.05) is 19.6 Å². The monoisotopic (exact) mass is 311 g/mol. The normalized spacial score (nSPS) is 20.0. The van der Waals surface area contributed by atoms with Crippen molar-refractivity contribution in [1.82, 2.24) is 9.62 Å². The maximum atomic E-state index is 12.4. The Labute approximate surface area is 127 Å². The van der Waals surface area contributed by atoms with Gasteiger partial charge < -0.3 is 5.73 Å².